The van der Waals surface area contributed by atoms with E-state index < -0.39 is 6.43 Å². The van der Waals surface area contributed by atoms with E-state index in [-0.39, 0.29) is 13.2 Å². The Morgan fingerprint density at radius 1 is 1.33 bits per heavy atom. The molecule has 1 fully saturated rings. The topological polar surface area (TPSA) is 23.5 Å². The average Bonchev–Trinajstić information content (AvgIpc) is 2.05. The molecule has 72 valence electrons. The second-order valence-corrected chi connectivity index (χ2v) is 3.32. The summed E-state index contributed by atoms with van der Waals surface area (Å²) in [5.74, 6) is 0.332. The first-order valence-electron chi connectivity index (χ1n) is 4.33. The largest absolute Gasteiger partial charge is 0.396 e. The molecule has 0 aliphatic carbocycles. The van der Waals surface area contributed by atoms with E-state index >= 15 is 0 Å². The lowest BCUT2D eigenvalue weighted by Gasteiger charge is -2.30. The lowest BCUT2D eigenvalue weighted by atomic mass is 9.98. The number of piperidine rings is 1. The van der Waals surface area contributed by atoms with Gasteiger partial charge in [0.15, 0.2) is 0 Å². The number of hydrogen-bond donors (Lipinski definition) is 1. The van der Waals surface area contributed by atoms with Gasteiger partial charge in [-0.2, -0.15) is 0 Å². The maximum absolute atomic E-state index is 11.9. The highest BCUT2D eigenvalue weighted by molar-refractivity contribution is 4.71. The summed E-state index contributed by atoms with van der Waals surface area (Å²) >= 11 is 0. The third-order valence-corrected chi connectivity index (χ3v) is 2.36. The minimum atomic E-state index is -2.23. The Morgan fingerprint density at radius 2 is 1.92 bits per heavy atom. The number of alkyl halides is 2. The van der Waals surface area contributed by atoms with Crippen LogP contribution in [0, 0.1) is 5.92 Å². The number of rotatable bonds is 3. The van der Waals surface area contributed by atoms with Crippen molar-refractivity contribution in [2.45, 2.75) is 19.3 Å². The molecule has 0 spiro atoms. The Labute approximate surface area is 71.2 Å². The lowest BCUT2D eigenvalue weighted by molar-refractivity contribution is 0.0598. The van der Waals surface area contributed by atoms with Gasteiger partial charge in [-0.05, 0) is 31.8 Å². The van der Waals surface area contributed by atoms with Crippen LogP contribution in [-0.4, -0.2) is 42.7 Å². The highest BCUT2D eigenvalue weighted by Crippen LogP contribution is 2.16. The van der Waals surface area contributed by atoms with E-state index in [2.05, 4.69) is 0 Å². The molecule has 1 saturated heterocycles. The van der Waals surface area contributed by atoms with Crippen LogP contribution >= 0.6 is 0 Å². The number of halogens is 2. The standard InChI is InChI=1S/C8H15F2NO/c9-8(10)5-11-3-1-7(6-12)2-4-11/h7-8,12H,1-6H2. The molecule has 4 heteroatoms. The smallest absolute Gasteiger partial charge is 0.251 e. The van der Waals surface area contributed by atoms with E-state index in [4.69, 9.17) is 5.11 Å². The minimum Gasteiger partial charge on any atom is -0.396 e. The fourth-order valence-electron chi connectivity index (χ4n) is 1.55. The Balaban J connectivity index is 2.17. The molecule has 0 saturated carbocycles. The number of aliphatic hydroxyl groups excluding tert-OH is 1. The highest BCUT2D eigenvalue weighted by atomic mass is 19.3. The monoisotopic (exact) mass is 179 g/mol. The zero-order chi connectivity index (χ0) is 8.97. The number of likely N-dealkylation sites (tertiary alicyclic amines) is 1. The van der Waals surface area contributed by atoms with Gasteiger partial charge in [0.05, 0.1) is 6.54 Å². The molecule has 1 N–H and O–H groups in total. The van der Waals surface area contributed by atoms with Gasteiger partial charge < -0.3 is 5.11 Å². The van der Waals surface area contributed by atoms with Crippen LogP contribution < -0.4 is 0 Å². The Hall–Kier alpha value is -0.220. The minimum absolute atomic E-state index is 0.113. The van der Waals surface area contributed by atoms with Gasteiger partial charge in [0.2, 0.25) is 0 Å². The summed E-state index contributed by atoms with van der Waals surface area (Å²) < 4.78 is 23.8. The van der Waals surface area contributed by atoms with E-state index in [9.17, 15) is 8.78 Å². The fourth-order valence-corrected chi connectivity index (χ4v) is 1.55. The van der Waals surface area contributed by atoms with Gasteiger partial charge in [0.25, 0.3) is 6.43 Å². The van der Waals surface area contributed by atoms with Gasteiger partial charge >= 0.3 is 0 Å². The summed E-state index contributed by atoms with van der Waals surface area (Å²) in [5.41, 5.74) is 0. The van der Waals surface area contributed by atoms with Crippen LogP contribution in [0.2, 0.25) is 0 Å². The summed E-state index contributed by atoms with van der Waals surface area (Å²) in [6, 6.07) is 0. The Morgan fingerprint density at radius 3 is 2.33 bits per heavy atom. The van der Waals surface area contributed by atoms with Crippen LogP contribution in [0.25, 0.3) is 0 Å². The van der Waals surface area contributed by atoms with Crippen molar-refractivity contribution in [3.63, 3.8) is 0 Å². The molecule has 0 aromatic rings. The van der Waals surface area contributed by atoms with Crippen LogP contribution in [0.3, 0.4) is 0 Å². The summed E-state index contributed by atoms with van der Waals surface area (Å²) in [4.78, 5) is 1.76. The van der Waals surface area contributed by atoms with Crippen molar-refractivity contribution < 1.29 is 13.9 Å². The van der Waals surface area contributed by atoms with Gasteiger partial charge in [0.1, 0.15) is 0 Å². The maximum atomic E-state index is 11.9. The molecule has 1 rings (SSSR count). The molecule has 12 heavy (non-hydrogen) atoms. The molecular weight excluding hydrogens is 164 g/mol. The number of aliphatic hydroxyl groups is 1. The van der Waals surface area contributed by atoms with Gasteiger partial charge in [-0.3, -0.25) is 4.90 Å². The van der Waals surface area contributed by atoms with Crippen molar-refractivity contribution >= 4 is 0 Å². The molecular formula is C8H15F2NO. The van der Waals surface area contributed by atoms with E-state index in [0.717, 1.165) is 12.8 Å². The highest BCUT2D eigenvalue weighted by Gasteiger charge is 2.20. The van der Waals surface area contributed by atoms with E-state index in [0.29, 0.717) is 19.0 Å². The van der Waals surface area contributed by atoms with Crippen molar-refractivity contribution in [3.05, 3.63) is 0 Å². The molecule has 1 aliphatic heterocycles. The first-order valence-corrected chi connectivity index (χ1v) is 4.33. The van der Waals surface area contributed by atoms with Gasteiger partial charge in [-0.25, -0.2) is 8.78 Å². The quantitative estimate of drug-likeness (QED) is 0.697. The molecule has 0 radical (unpaired) electrons. The van der Waals surface area contributed by atoms with Crippen LogP contribution in [0.15, 0.2) is 0 Å². The molecule has 0 aromatic heterocycles. The lowest BCUT2D eigenvalue weighted by Crippen LogP contribution is -2.37. The van der Waals surface area contributed by atoms with E-state index in [1.54, 1.807) is 4.90 Å². The molecule has 0 unspecified atom stereocenters. The second kappa shape index (κ2) is 4.72. The number of hydrogen-bond acceptors (Lipinski definition) is 2. The van der Waals surface area contributed by atoms with Gasteiger partial charge in [-0.15, -0.1) is 0 Å². The first-order chi connectivity index (χ1) is 5.72. The normalized spacial score (nSPS) is 22.0. The van der Waals surface area contributed by atoms with E-state index in [1.807, 2.05) is 0 Å². The third-order valence-electron chi connectivity index (χ3n) is 2.36. The Bertz CT molecular complexity index is 124. The van der Waals surface area contributed by atoms with Crippen molar-refractivity contribution in [2.75, 3.05) is 26.2 Å². The van der Waals surface area contributed by atoms with Gasteiger partial charge in [0, 0.05) is 6.61 Å². The molecule has 0 bridgehead atoms. The average molecular weight is 179 g/mol. The molecule has 1 heterocycles. The van der Waals surface area contributed by atoms with E-state index in [1.165, 1.54) is 0 Å². The molecule has 1 aliphatic rings. The SMILES string of the molecule is OCC1CCN(CC(F)F)CC1. The van der Waals surface area contributed by atoms with Crippen LogP contribution in [0.5, 0.6) is 0 Å². The summed E-state index contributed by atoms with van der Waals surface area (Å²) in [6.07, 6.45) is -0.525. The first kappa shape index (κ1) is 9.86. The van der Waals surface area contributed by atoms with Crippen molar-refractivity contribution in [1.29, 1.82) is 0 Å². The third kappa shape index (κ3) is 3.03. The molecule has 2 nitrogen and oxygen atoms in total. The fraction of sp³-hybridized carbons (Fsp3) is 1.00. The summed E-state index contributed by atoms with van der Waals surface area (Å²) in [6.45, 7) is 1.49. The maximum Gasteiger partial charge on any atom is 0.251 e. The molecule has 0 amide bonds. The molecule has 0 atom stereocenters. The number of nitrogens with zero attached hydrogens (tertiary/aromatic N) is 1. The van der Waals surface area contributed by atoms with Crippen LogP contribution in [-0.2, 0) is 0 Å². The predicted octanol–water partition coefficient (Wildman–Crippen LogP) is 0.956. The van der Waals surface area contributed by atoms with Gasteiger partial charge in [-0.1, -0.05) is 0 Å². The van der Waals surface area contributed by atoms with Crippen LogP contribution in [0.1, 0.15) is 12.8 Å². The molecule has 0 aromatic carbocycles. The second-order valence-electron chi connectivity index (χ2n) is 3.32. The Kier molecular flexibility index (Phi) is 3.88. The zero-order valence-corrected chi connectivity index (χ0v) is 7.05. The summed E-state index contributed by atoms with van der Waals surface area (Å²) in [5, 5.41) is 8.79. The summed E-state index contributed by atoms with van der Waals surface area (Å²) in [7, 11) is 0. The van der Waals surface area contributed by atoms with Crippen molar-refractivity contribution in [1.82, 2.24) is 4.90 Å². The van der Waals surface area contributed by atoms with Crippen molar-refractivity contribution in [2.24, 2.45) is 5.92 Å². The van der Waals surface area contributed by atoms with Crippen LogP contribution in [0.4, 0.5) is 8.78 Å². The van der Waals surface area contributed by atoms with Crippen molar-refractivity contribution in [3.8, 4) is 0 Å². The predicted molar refractivity (Wildman–Crippen MR) is 42.3 cm³/mol. The zero-order valence-electron chi connectivity index (χ0n) is 7.05.